The molecule has 1 aromatic heterocycles. The maximum Gasteiger partial charge on any atom is 0.419 e. The van der Waals surface area contributed by atoms with Gasteiger partial charge >= 0.3 is 5.76 Å². The number of fused-ring (bicyclic) bond motifs is 1. The number of hydrogen-bond donors (Lipinski definition) is 2. The summed E-state index contributed by atoms with van der Waals surface area (Å²) in [6.07, 6.45) is -0.0617. The first kappa shape index (κ1) is 20.1. The monoisotopic (exact) mass is 423 g/mol. The number of carbonyl (C=O) groups is 1. The molecule has 0 aliphatic carbocycles. The first-order chi connectivity index (χ1) is 13.2. The van der Waals surface area contributed by atoms with Gasteiger partial charge in [-0.05, 0) is 36.8 Å². The molecule has 0 radical (unpaired) electrons. The van der Waals surface area contributed by atoms with Crippen LogP contribution in [0.4, 0.5) is 5.69 Å². The van der Waals surface area contributed by atoms with Crippen LogP contribution in [0.15, 0.2) is 50.5 Å². The van der Waals surface area contributed by atoms with Crippen molar-refractivity contribution in [2.75, 3.05) is 11.9 Å². The molecule has 0 bridgehead atoms. The van der Waals surface area contributed by atoms with E-state index in [1.807, 2.05) is 0 Å². The highest BCUT2D eigenvalue weighted by Crippen LogP contribution is 2.23. The van der Waals surface area contributed by atoms with Crippen LogP contribution in [0, 0.1) is 6.92 Å². The molecule has 10 heteroatoms. The predicted octanol–water partition coefficient (Wildman–Crippen LogP) is 2.40. The Labute approximate surface area is 166 Å². The van der Waals surface area contributed by atoms with Crippen LogP contribution >= 0.6 is 11.6 Å². The molecule has 0 spiro atoms. The minimum absolute atomic E-state index is 0.0551. The number of amides is 1. The Morgan fingerprint density at radius 3 is 2.75 bits per heavy atom. The van der Waals surface area contributed by atoms with E-state index in [0.717, 1.165) is 5.56 Å². The standard InChI is InChI=1S/C18H18ClN3O5S/c1-11-13(19)4-3-5-14(11)21-17(23)8-9-20-28(25,26)12-6-7-15-16(10-12)27-18(24)22(15)2/h3-7,10,20H,8-9H2,1-2H3,(H,21,23). The van der Waals surface area contributed by atoms with E-state index in [1.165, 1.54) is 29.8 Å². The van der Waals surface area contributed by atoms with E-state index in [0.29, 0.717) is 16.2 Å². The third-order valence-corrected chi connectivity index (χ3v) is 6.13. The van der Waals surface area contributed by atoms with Crippen molar-refractivity contribution in [1.29, 1.82) is 0 Å². The number of rotatable bonds is 6. The van der Waals surface area contributed by atoms with Crippen LogP contribution in [0.1, 0.15) is 12.0 Å². The minimum Gasteiger partial charge on any atom is -0.408 e. The van der Waals surface area contributed by atoms with Crippen molar-refractivity contribution >= 4 is 44.3 Å². The Bertz CT molecular complexity index is 1210. The number of aromatic nitrogens is 1. The van der Waals surface area contributed by atoms with Crippen LogP contribution in [-0.4, -0.2) is 25.4 Å². The highest BCUT2D eigenvalue weighted by Gasteiger charge is 2.17. The van der Waals surface area contributed by atoms with Crippen molar-refractivity contribution in [2.45, 2.75) is 18.2 Å². The van der Waals surface area contributed by atoms with E-state index in [9.17, 15) is 18.0 Å². The van der Waals surface area contributed by atoms with E-state index < -0.39 is 15.8 Å². The average molecular weight is 424 g/mol. The quantitative estimate of drug-likeness (QED) is 0.632. The van der Waals surface area contributed by atoms with Crippen molar-refractivity contribution in [3.63, 3.8) is 0 Å². The predicted molar refractivity (Wildman–Crippen MR) is 106 cm³/mol. The van der Waals surface area contributed by atoms with Gasteiger partial charge in [0, 0.05) is 36.8 Å². The maximum atomic E-state index is 12.4. The number of carbonyl (C=O) groups excluding carboxylic acids is 1. The van der Waals surface area contributed by atoms with Gasteiger partial charge < -0.3 is 9.73 Å². The highest BCUT2D eigenvalue weighted by molar-refractivity contribution is 7.89. The van der Waals surface area contributed by atoms with Gasteiger partial charge in [0.25, 0.3) is 0 Å². The van der Waals surface area contributed by atoms with Crippen molar-refractivity contribution < 1.29 is 17.6 Å². The number of hydrogen-bond acceptors (Lipinski definition) is 5. The van der Waals surface area contributed by atoms with Crippen LogP contribution in [0.25, 0.3) is 11.1 Å². The number of aryl methyl sites for hydroxylation is 1. The Morgan fingerprint density at radius 1 is 1.25 bits per heavy atom. The normalized spacial score (nSPS) is 11.7. The van der Waals surface area contributed by atoms with E-state index in [1.54, 1.807) is 25.1 Å². The first-order valence-electron chi connectivity index (χ1n) is 8.33. The van der Waals surface area contributed by atoms with Gasteiger partial charge in [-0.1, -0.05) is 17.7 Å². The van der Waals surface area contributed by atoms with Crippen molar-refractivity contribution in [2.24, 2.45) is 7.05 Å². The molecule has 2 aromatic carbocycles. The fourth-order valence-corrected chi connectivity index (χ4v) is 3.84. The lowest BCUT2D eigenvalue weighted by atomic mass is 10.2. The Hall–Kier alpha value is -2.62. The lowest BCUT2D eigenvalue weighted by molar-refractivity contribution is -0.116. The summed E-state index contributed by atoms with van der Waals surface area (Å²) in [7, 11) is -2.33. The SMILES string of the molecule is Cc1c(Cl)cccc1NC(=O)CCNS(=O)(=O)c1ccc2c(c1)oc(=O)n2C. The first-order valence-corrected chi connectivity index (χ1v) is 10.2. The molecule has 0 aliphatic rings. The van der Waals surface area contributed by atoms with Crippen LogP contribution in [0.5, 0.6) is 0 Å². The third-order valence-electron chi connectivity index (χ3n) is 4.26. The van der Waals surface area contributed by atoms with Gasteiger partial charge in [-0.3, -0.25) is 9.36 Å². The molecule has 0 saturated carbocycles. The number of nitrogens with zero attached hydrogens (tertiary/aromatic N) is 1. The number of benzene rings is 2. The molecule has 0 unspecified atom stereocenters. The number of halogens is 1. The fourth-order valence-electron chi connectivity index (χ4n) is 2.62. The van der Waals surface area contributed by atoms with Crippen LogP contribution in [0.2, 0.25) is 5.02 Å². The molecule has 3 aromatic rings. The smallest absolute Gasteiger partial charge is 0.408 e. The number of oxazole rings is 1. The summed E-state index contributed by atoms with van der Waals surface area (Å²) in [5.41, 5.74) is 1.96. The molecule has 148 valence electrons. The van der Waals surface area contributed by atoms with Crippen LogP contribution < -0.4 is 15.8 Å². The summed E-state index contributed by atoms with van der Waals surface area (Å²) >= 11 is 6.01. The van der Waals surface area contributed by atoms with Crippen LogP contribution in [-0.2, 0) is 21.9 Å². The zero-order chi connectivity index (χ0) is 20.5. The van der Waals surface area contributed by atoms with Gasteiger partial charge in [-0.15, -0.1) is 0 Å². The lowest BCUT2D eigenvalue weighted by Crippen LogP contribution is -2.28. The van der Waals surface area contributed by atoms with E-state index in [2.05, 4.69) is 10.0 Å². The summed E-state index contributed by atoms with van der Waals surface area (Å²) < 4.78 is 33.5. The molecular formula is C18H18ClN3O5S. The van der Waals surface area contributed by atoms with Gasteiger partial charge in [0.15, 0.2) is 5.58 Å². The largest absolute Gasteiger partial charge is 0.419 e. The van der Waals surface area contributed by atoms with Gasteiger partial charge in [0.05, 0.1) is 10.4 Å². The zero-order valence-corrected chi connectivity index (χ0v) is 16.7. The van der Waals surface area contributed by atoms with E-state index in [4.69, 9.17) is 16.0 Å². The van der Waals surface area contributed by atoms with Gasteiger partial charge in [0.2, 0.25) is 15.9 Å². The summed E-state index contributed by atoms with van der Waals surface area (Å²) in [4.78, 5) is 23.5. The van der Waals surface area contributed by atoms with Crippen molar-refractivity contribution in [3.8, 4) is 0 Å². The number of anilines is 1. The summed E-state index contributed by atoms with van der Waals surface area (Å²) in [6.45, 7) is 1.68. The minimum atomic E-state index is -3.86. The molecule has 3 rings (SSSR count). The van der Waals surface area contributed by atoms with Crippen molar-refractivity contribution in [3.05, 3.63) is 57.5 Å². The van der Waals surface area contributed by atoms with Crippen molar-refractivity contribution in [1.82, 2.24) is 9.29 Å². The van der Waals surface area contributed by atoms with E-state index >= 15 is 0 Å². The van der Waals surface area contributed by atoms with Gasteiger partial charge in [0.1, 0.15) is 0 Å². The zero-order valence-electron chi connectivity index (χ0n) is 15.2. The lowest BCUT2D eigenvalue weighted by Gasteiger charge is -2.10. The molecule has 0 fully saturated rings. The van der Waals surface area contributed by atoms with Gasteiger partial charge in [-0.2, -0.15) is 0 Å². The molecular weight excluding hydrogens is 406 g/mol. The molecule has 1 amide bonds. The average Bonchev–Trinajstić information content (AvgIpc) is 2.92. The second-order valence-electron chi connectivity index (χ2n) is 6.16. The molecule has 1 heterocycles. The summed E-state index contributed by atoms with van der Waals surface area (Å²) in [6, 6.07) is 9.27. The topological polar surface area (TPSA) is 110 Å². The van der Waals surface area contributed by atoms with E-state index in [-0.39, 0.29) is 29.4 Å². The molecule has 0 atom stereocenters. The maximum absolute atomic E-state index is 12.4. The Balaban J connectivity index is 1.64. The molecule has 2 N–H and O–H groups in total. The van der Waals surface area contributed by atoms with Crippen LogP contribution in [0.3, 0.4) is 0 Å². The molecule has 8 nitrogen and oxygen atoms in total. The second kappa shape index (κ2) is 7.78. The Morgan fingerprint density at radius 2 is 2.00 bits per heavy atom. The van der Waals surface area contributed by atoms with Gasteiger partial charge in [-0.25, -0.2) is 17.9 Å². The fraction of sp³-hybridized carbons (Fsp3) is 0.222. The summed E-state index contributed by atoms with van der Waals surface area (Å²) in [5, 5.41) is 3.23. The molecule has 0 aliphatic heterocycles. The number of sulfonamides is 1. The second-order valence-corrected chi connectivity index (χ2v) is 8.34. The molecule has 0 saturated heterocycles. The highest BCUT2D eigenvalue weighted by atomic mass is 35.5. The summed E-state index contributed by atoms with van der Waals surface area (Å²) in [5.74, 6) is -0.928. The number of nitrogens with one attached hydrogen (secondary N) is 2. The Kier molecular flexibility index (Phi) is 5.59. The molecule has 28 heavy (non-hydrogen) atoms. The third kappa shape index (κ3) is 4.11.